The van der Waals surface area contributed by atoms with Crippen molar-refractivity contribution in [2.24, 2.45) is 4.99 Å². The number of aliphatic hydroxyl groups is 1. The third-order valence-electron chi connectivity index (χ3n) is 7.47. The molecule has 0 aromatic rings. The summed E-state index contributed by atoms with van der Waals surface area (Å²) in [5, 5.41) is 14.3. The van der Waals surface area contributed by atoms with E-state index >= 15 is 0 Å². The lowest BCUT2D eigenvalue weighted by Crippen LogP contribution is -2.38. The predicted octanol–water partition coefficient (Wildman–Crippen LogP) is 8.00. The van der Waals surface area contributed by atoms with E-state index < -0.39 is 5.60 Å². The molecule has 214 valence electrons. The summed E-state index contributed by atoms with van der Waals surface area (Å²) in [6, 6.07) is 0. The fourth-order valence-corrected chi connectivity index (χ4v) is 5.12. The minimum Gasteiger partial charge on any atom is -0.385 e. The fourth-order valence-electron chi connectivity index (χ4n) is 5.12. The van der Waals surface area contributed by atoms with Gasteiger partial charge in [-0.1, -0.05) is 57.1 Å². The highest BCUT2D eigenvalue weighted by Gasteiger charge is 2.31. The Balaban J connectivity index is 2.19. The number of hydrogen-bond acceptors (Lipinski definition) is 5. The highest BCUT2D eigenvalue weighted by molar-refractivity contribution is 6.00. The third-order valence-corrected chi connectivity index (χ3v) is 7.47. The molecular formula is C32H51FN2O3. The smallest absolute Gasteiger partial charge is 0.150 e. The van der Waals surface area contributed by atoms with E-state index in [-0.39, 0.29) is 12.3 Å². The van der Waals surface area contributed by atoms with Gasteiger partial charge in [0.05, 0.1) is 36.1 Å². The fraction of sp³-hybridized carbons (Fsp3) is 0.656. The predicted molar refractivity (Wildman–Crippen MR) is 157 cm³/mol. The van der Waals surface area contributed by atoms with E-state index in [1.165, 1.54) is 5.57 Å². The molecule has 0 fully saturated rings. The van der Waals surface area contributed by atoms with Gasteiger partial charge in [-0.2, -0.15) is 0 Å². The molecule has 1 aliphatic carbocycles. The van der Waals surface area contributed by atoms with Gasteiger partial charge in [-0.3, -0.25) is 4.99 Å². The van der Waals surface area contributed by atoms with Crippen molar-refractivity contribution in [3.63, 3.8) is 0 Å². The van der Waals surface area contributed by atoms with Crippen molar-refractivity contribution in [3.05, 3.63) is 59.3 Å². The Hall–Kier alpha value is -2.02. The van der Waals surface area contributed by atoms with Crippen LogP contribution in [0.5, 0.6) is 0 Å². The van der Waals surface area contributed by atoms with Gasteiger partial charge < -0.3 is 19.9 Å². The molecule has 2 N–H and O–H groups in total. The first-order chi connectivity index (χ1) is 18.3. The number of hydrogen-bond donors (Lipinski definition) is 2. The second-order valence-corrected chi connectivity index (χ2v) is 10.7. The first-order valence-electron chi connectivity index (χ1n) is 14.5. The van der Waals surface area contributed by atoms with Crippen LogP contribution in [0.3, 0.4) is 0 Å². The molecule has 2 aliphatic rings. The summed E-state index contributed by atoms with van der Waals surface area (Å²) in [7, 11) is 1.70. The largest absolute Gasteiger partial charge is 0.385 e. The summed E-state index contributed by atoms with van der Waals surface area (Å²) >= 11 is 0. The molecule has 1 unspecified atom stereocenters. The Kier molecular flexibility index (Phi) is 14.3. The van der Waals surface area contributed by atoms with Crippen molar-refractivity contribution < 1.29 is 19.0 Å². The van der Waals surface area contributed by atoms with Gasteiger partial charge in [0.2, 0.25) is 0 Å². The zero-order valence-electron chi connectivity index (χ0n) is 24.5. The molecule has 0 aromatic carbocycles. The normalized spacial score (nSPS) is 28.0. The molecule has 2 rings (SSSR count). The summed E-state index contributed by atoms with van der Waals surface area (Å²) in [5.74, 6) is 0. The lowest BCUT2D eigenvalue weighted by atomic mass is 9.79. The van der Waals surface area contributed by atoms with E-state index in [1.54, 1.807) is 7.11 Å². The summed E-state index contributed by atoms with van der Waals surface area (Å²) in [6.45, 7) is 13.1. The van der Waals surface area contributed by atoms with Gasteiger partial charge in [-0.15, -0.1) is 0 Å². The maximum absolute atomic E-state index is 12.9. The lowest BCUT2D eigenvalue weighted by molar-refractivity contribution is -0.0114. The number of allylic oxidation sites excluding steroid dienone is 4. The molecule has 1 aliphatic heterocycles. The second-order valence-electron chi connectivity index (χ2n) is 10.7. The van der Waals surface area contributed by atoms with Crippen LogP contribution < -0.4 is 5.32 Å². The van der Waals surface area contributed by atoms with Crippen molar-refractivity contribution in [2.75, 3.05) is 13.7 Å². The second kappa shape index (κ2) is 16.8. The zero-order chi connectivity index (χ0) is 28.0. The Bertz CT molecular complexity index is 918. The van der Waals surface area contributed by atoms with Gasteiger partial charge in [0.1, 0.15) is 6.23 Å². The molecule has 0 amide bonds. The van der Waals surface area contributed by atoms with Crippen molar-refractivity contribution in [1.29, 1.82) is 0 Å². The highest BCUT2D eigenvalue weighted by atomic mass is 19.1. The molecule has 38 heavy (non-hydrogen) atoms. The molecule has 0 bridgehead atoms. The summed E-state index contributed by atoms with van der Waals surface area (Å²) in [6.07, 6.45) is 16.5. The maximum atomic E-state index is 12.9. The van der Waals surface area contributed by atoms with E-state index in [0.29, 0.717) is 19.4 Å². The quantitative estimate of drug-likeness (QED) is 0.166. The monoisotopic (exact) mass is 530 g/mol. The van der Waals surface area contributed by atoms with Crippen molar-refractivity contribution >= 4 is 5.71 Å². The Morgan fingerprint density at radius 2 is 2.08 bits per heavy atom. The lowest BCUT2D eigenvalue weighted by Gasteiger charge is -2.33. The number of unbranched alkanes of at least 4 members (excludes halogenated alkanes) is 2. The van der Waals surface area contributed by atoms with Gasteiger partial charge in [-0.05, 0) is 76.4 Å². The molecule has 1 heterocycles. The van der Waals surface area contributed by atoms with E-state index in [9.17, 15) is 9.50 Å². The minimum atomic E-state index is -0.696. The number of nitrogens with one attached hydrogen (secondary N) is 1. The molecule has 0 spiro atoms. The SMILES string of the molecule is C=C(CCOC)C1NC(=C\CC[C@]2(O)C=C(C)C2)/C(CC)=N/C(=C/C)C[C@@H](CCCCC/C(=C/F)CC)O1. The molecular weight excluding hydrogens is 479 g/mol. The molecule has 0 radical (unpaired) electrons. The van der Waals surface area contributed by atoms with Gasteiger partial charge >= 0.3 is 0 Å². The van der Waals surface area contributed by atoms with E-state index in [2.05, 4.69) is 37.9 Å². The van der Waals surface area contributed by atoms with Gasteiger partial charge in [0.15, 0.2) is 0 Å². The first kappa shape index (κ1) is 32.2. The Labute approximate surface area is 230 Å². The summed E-state index contributed by atoms with van der Waals surface area (Å²) < 4.78 is 24.9. The third kappa shape index (κ3) is 10.6. The number of rotatable bonds is 15. The van der Waals surface area contributed by atoms with Gasteiger partial charge in [0, 0.05) is 25.6 Å². The molecule has 6 heteroatoms. The van der Waals surface area contributed by atoms with Crippen molar-refractivity contribution in [1.82, 2.24) is 5.32 Å². The van der Waals surface area contributed by atoms with E-state index in [4.69, 9.17) is 14.5 Å². The van der Waals surface area contributed by atoms with Crippen LogP contribution in [0, 0.1) is 0 Å². The van der Waals surface area contributed by atoms with Crippen molar-refractivity contribution in [3.8, 4) is 0 Å². The highest BCUT2D eigenvalue weighted by Crippen LogP contribution is 2.34. The maximum Gasteiger partial charge on any atom is 0.150 e. The van der Waals surface area contributed by atoms with Crippen molar-refractivity contribution in [2.45, 2.75) is 123 Å². The Morgan fingerprint density at radius 3 is 2.68 bits per heavy atom. The van der Waals surface area contributed by atoms with Crippen LogP contribution in [0.15, 0.2) is 64.2 Å². The molecule has 0 saturated carbocycles. The van der Waals surface area contributed by atoms with Gasteiger partial charge in [0.25, 0.3) is 0 Å². The summed E-state index contributed by atoms with van der Waals surface area (Å²) in [4.78, 5) is 5.06. The average molecular weight is 531 g/mol. The topological polar surface area (TPSA) is 63.1 Å². The molecule has 5 nitrogen and oxygen atoms in total. The molecule has 3 atom stereocenters. The number of aliphatic imine (C=N–C) groups is 1. The molecule has 0 saturated heterocycles. The number of halogens is 1. The summed E-state index contributed by atoms with van der Waals surface area (Å²) in [5.41, 5.74) is 5.34. The minimum absolute atomic E-state index is 0.00892. The van der Waals surface area contributed by atoms with Crippen LogP contribution in [0.4, 0.5) is 4.39 Å². The van der Waals surface area contributed by atoms with Crippen LogP contribution in [0.2, 0.25) is 0 Å². The molecule has 0 aromatic heterocycles. The number of methoxy groups -OCH3 is 1. The zero-order valence-corrected chi connectivity index (χ0v) is 24.5. The standard InChI is InChI=1S/C32H51FN2O3/c1-7-26(23-33)14-11-10-12-15-28-20-27(8-2)34-29(9-3)30(16-13-18-32(36)21-24(4)22-32)35-31(38-28)25(5)17-19-37-6/h8,16,21,23,28,31,35-36H,5,7,9-15,17-20,22H2,1-4,6H3/b26-23+,27-8+,30-16-,34-29+/t28-,31?,32+/m1/s1. The number of nitrogens with zero attached hydrogens (tertiary/aromatic N) is 1. The van der Waals surface area contributed by atoms with Crippen LogP contribution >= 0.6 is 0 Å². The van der Waals surface area contributed by atoms with Crippen LogP contribution in [-0.2, 0) is 9.47 Å². The average Bonchev–Trinajstić information content (AvgIpc) is 2.96. The van der Waals surface area contributed by atoms with Crippen LogP contribution in [0.1, 0.15) is 105 Å². The first-order valence-corrected chi connectivity index (χ1v) is 14.5. The van der Waals surface area contributed by atoms with Crippen LogP contribution in [0.25, 0.3) is 0 Å². The van der Waals surface area contributed by atoms with E-state index in [1.807, 2.05) is 19.9 Å². The number of ether oxygens (including phenoxy) is 2. The van der Waals surface area contributed by atoms with Crippen LogP contribution in [-0.4, -0.2) is 42.5 Å². The van der Waals surface area contributed by atoms with Gasteiger partial charge in [-0.25, -0.2) is 4.39 Å². The Morgan fingerprint density at radius 1 is 1.32 bits per heavy atom. The van der Waals surface area contributed by atoms with E-state index in [0.717, 1.165) is 98.8 Å².